The fourth-order valence-electron chi connectivity index (χ4n) is 2.15. The van der Waals surface area contributed by atoms with Gasteiger partial charge >= 0.3 is 0 Å². The molecule has 0 radical (unpaired) electrons. The standard InChI is InChI=1S/C15H18BrNO/c1-4-17-14(15-13(16)8-9-18-15)12-7-5-6-10(2)11(12)3/h5-9,14,17H,4H2,1-3H3. The van der Waals surface area contributed by atoms with Crippen LogP contribution in [0, 0.1) is 13.8 Å². The molecule has 2 nitrogen and oxygen atoms in total. The van der Waals surface area contributed by atoms with Crippen molar-refractivity contribution in [1.82, 2.24) is 5.32 Å². The molecule has 3 heteroatoms. The second-order valence-electron chi connectivity index (χ2n) is 4.41. The molecule has 0 amide bonds. The Labute approximate surface area is 117 Å². The summed E-state index contributed by atoms with van der Waals surface area (Å²) in [5.74, 6) is 0.936. The highest BCUT2D eigenvalue weighted by Crippen LogP contribution is 2.31. The normalized spacial score (nSPS) is 12.7. The van der Waals surface area contributed by atoms with Crippen LogP contribution in [0.1, 0.15) is 35.4 Å². The van der Waals surface area contributed by atoms with E-state index < -0.39 is 0 Å². The van der Waals surface area contributed by atoms with Crippen molar-refractivity contribution in [3.8, 4) is 0 Å². The van der Waals surface area contributed by atoms with Gasteiger partial charge in [0.2, 0.25) is 0 Å². The van der Waals surface area contributed by atoms with E-state index in [4.69, 9.17) is 4.42 Å². The van der Waals surface area contributed by atoms with Crippen molar-refractivity contribution >= 4 is 15.9 Å². The lowest BCUT2D eigenvalue weighted by molar-refractivity contribution is 0.449. The maximum atomic E-state index is 5.62. The fourth-order valence-corrected chi connectivity index (χ4v) is 2.58. The van der Waals surface area contributed by atoms with Crippen molar-refractivity contribution in [2.24, 2.45) is 0 Å². The molecule has 2 rings (SSSR count). The molecule has 0 saturated carbocycles. The number of hydrogen-bond acceptors (Lipinski definition) is 2. The number of hydrogen-bond donors (Lipinski definition) is 1. The van der Waals surface area contributed by atoms with Crippen LogP contribution in [-0.2, 0) is 0 Å². The molecule has 2 aromatic rings. The average molecular weight is 308 g/mol. The average Bonchev–Trinajstić information content (AvgIpc) is 2.76. The largest absolute Gasteiger partial charge is 0.466 e. The molecular weight excluding hydrogens is 290 g/mol. The molecule has 1 atom stereocenters. The fraction of sp³-hybridized carbons (Fsp3) is 0.333. The van der Waals surface area contributed by atoms with Crippen molar-refractivity contribution in [3.05, 3.63) is 57.5 Å². The van der Waals surface area contributed by atoms with E-state index in [1.165, 1.54) is 16.7 Å². The van der Waals surface area contributed by atoms with Gasteiger partial charge in [0, 0.05) is 0 Å². The summed E-state index contributed by atoms with van der Waals surface area (Å²) >= 11 is 3.54. The summed E-state index contributed by atoms with van der Waals surface area (Å²) < 4.78 is 6.63. The minimum absolute atomic E-state index is 0.0966. The third-order valence-electron chi connectivity index (χ3n) is 3.27. The van der Waals surface area contributed by atoms with Crippen LogP contribution in [0.2, 0.25) is 0 Å². The van der Waals surface area contributed by atoms with Crippen LogP contribution in [0.3, 0.4) is 0 Å². The van der Waals surface area contributed by atoms with Gasteiger partial charge in [-0.3, -0.25) is 0 Å². The van der Waals surface area contributed by atoms with Gasteiger partial charge in [-0.1, -0.05) is 25.1 Å². The molecule has 1 aromatic heterocycles. The molecule has 0 fully saturated rings. The number of halogens is 1. The van der Waals surface area contributed by atoms with Gasteiger partial charge in [0.1, 0.15) is 5.76 Å². The second kappa shape index (κ2) is 5.72. The van der Waals surface area contributed by atoms with Gasteiger partial charge in [-0.05, 0) is 59.1 Å². The molecule has 1 N–H and O–H groups in total. The second-order valence-corrected chi connectivity index (χ2v) is 5.27. The molecule has 1 aromatic carbocycles. The lowest BCUT2D eigenvalue weighted by Crippen LogP contribution is -2.22. The molecular formula is C15H18BrNO. The van der Waals surface area contributed by atoms with Crippen molar-refractivity contribution < 1.29 is 4.42 Å². The molecule has 0 saturated heterocycles. The van der Waals surface area contributed by atoms with E-state index >= 15 is 0 Å². The summed E-state index contributed by atoms with van der Waals surface area (Å²) in [4.78, 5) is 0. The number of benzene rings is 1. The molecule has 0 spiro atoms. The van der Waals surface area contributed by atoms with Crippen molar-refractivity contribution in [1.29, 1.82) is 0 Å². The molecule has 1 unspecified atom stereocenters. The summed E-state index contributed by atoms with van der Waals surface area (Å²) in [7, 11) is 0. The lowest BCUT2D eigenvalue weighted by Gasteiger charge is -2.20. The molecule has 0 aliphatic carbocycles. The molecule has 0 aliphatic rings. The first-order valence-electron chi connectivity index (χ1n) is 6.17. The third-order valence-corrected chi connectivity index (χ3v) is 3.93. The smallest absolute Gasteiger partial charge is 0.139 e. The van der Waals surface area contributed by atoms with Crippen LogP contribution in [0.4, 0.5) is 0 Å². The van der Waals surface area contributed by atoms with E-state index in [9.17, 15) is 0 Å². The zero-order valence-electron chi connectivity index (χ0n) is 11.0. The Kier molecular flexibility index (Phi) is 4.25. The van der Waals surface area contributed by atoms with Gasteiger partial charge in [-0.25, -0.2) is 0 Å². The number of furan rings is 1. The SMILES string of the molecule is CCNC(c1cccc(C)c1C)c1occc1Br. The molecule has 0 aliphatic heterocycles. The highest BCUT2D eigenvalue weighted by molar-refractivity contribution is 9.10. The molecule has 18 heavy (non-hydrogen) atoms. The van der Waals surface area contributed by atoms with E-state index in [1.807, 2.05) is 6.07 Å². The Morgan fingerprint density at radius 1 is 1.28 bits per heavy atom. The van der Waals surface area contributed by atoms with Gasteiger partial charge < -0.3 is 9.73 Å². The van der Waals surface area contributed by atoms with E-state index in [2.05, 4.69) is 60.2 Å². The predicted octanol–water partition coefficient (Wildman–Crippen LogP) is 4.36. The number of rotatable bonds is 4. The van der Waals surface area contributed by atoms with E-state index in [1.54, 1.807) is 6.26 Å². The monoisotopic (exact) mass is 307 g/mol. The zero-order chi connectivity index (χ0) is 13.1. The molecule has 96 valence electrons. The highest BCUT2D eigenvalue weighted by atomic mass is 79.9. The summed E-state index contributed by atoms with van der Waals surface area (Å²) in [6.45, 7) is 7.30. The summed E-state index contributed by atoms with van der Waals surface area (Å²) in [6.07, 6.45) is 1.72. The molecule has 0 bridgehead atoms. The first-order valence-corrected chi connectivity index (χ1v) is 6.96. The van der Waals surface area contributed by atoms with E-state index in [0.717, 1.165) is 16.8 Å². The summed E-state index contributed by atoms with van der Waals surface area (Å²) in [6, 6.07) is 8.42. The Bertz CT molecular complexity index is 533. The maximum absolute atomic E-state index is 5.62. The zero-order valence-corrected chi connectivity index (χ0v) is 12.5. The maximum Gasteiger partial charge on any atom is 0.139 e. The van der Waals surface area contributed by atoms with E-state index in [-0.39, 0.29) is 6.04 Å². The Morgan fingerprint density at radius 3 is 2.67 bits per heavy atom. The van der Waals surface area contributed by atoms with Gasteiger partial charge in [0.05, 0.1) is 16.8 Å². The van der Waals surface area contributed by atoms with Crippen LogP contribution < -0.4 is 5.32 Å². The Balaban J connectivity index is 2.48. The first-order chi connectivity index (χ1) is 8.65. The van der Waals surface area contributed by atoms with Gasteiger partial charge in [0.25, 0.3) is 0 Å². The van der Waals surface area contributed by atoms with Gasteiger partial charge in [-0.2, -0.15) is 0 Å². The van der Waals surface area contributed by atoms with Crippen molar-refractivity contribution in [2.75, 3.05) is 6.54 Å². The van der Waals surface area contributed by atoms with Crippen molar-refractivity contribution in [2.45, 2.75) is 26.8 Å². The third kappa shape index (κ3) is 2.52. The van der Waals surface area contributed by atoms with Gasteiger partial charge in [0.15, 0.2) is 0 Å². The van der Waals surface area contributed by atoms with Crippen LogP contribution in [0.5, 0.6) is 0 Å². The number of nitrogens with one attached hydrogen (secondary N) is 1. The van der Waals surface area contributed by atoms with E-state index in [0.29, 0.717) is 0 Å². The van der Waals surface area contributed by atoms with Crippen LogP contribution in [0.15, 0.2) is 39.4 Å². The van der Waals surface area contributed by atoms with Gasteiger partial charge in [-0.15, -0.1) is 0 Å². The van der Waals surface area contributed by atoms with Crippen LogP contribution in [0.25, 0.3) is 0 Å². The predicted molar refractivity (Wildman–Crippen MR) is 77.8 cm³/mol. The molecule has 1 heterocycles. The summed E-state index contributed by atoms with van der Waals surface area (Å²) in [5.41, 5.74) is 3.89. The Hall–Kier alpha value is -1.06. The van der Waals surface area contributed by atoms with Crippen molar-refractivity contribution in [3.63, 3.8) is 0 Å². The highest BCUT2D eigenvalue weighted by Gasteiger charge is 2.21. The first kappa shape index (κ1) is 13.4. The minimum atomic E-state index is 0.0966. The minimum Gasteiger partial charge on any atom is -0.466 e. The quantitative estimate of drug-likeness (QED) is 0.908. The summed E-state index contributed by atoms with van der Waals surface area (Å²) in [5, 5.41) is 3.49. The Morgan fingerprint density at radius 2 is 2.06 bits per heavy atom. The van der Waals surface area contributed by atoms with Crippen LogP contribution >= 0.6 is 15.9 Å². The van der Waals surface area contributed by atoms with Crippen LogP contribution in [-0.4, -0.2) is 6.54 Å². The lowest BCUT2D eigenvalue weighted by atomic mass is 9.96. The topological polar surface area (TPSA) is 25.2 Å². The number of aryl methyl sites for hydroxylation is 1.